The summed E-state index contributed by atoms with van der Waals surface area (Å²) in [6.07, 6.45) is 1.52. The van der Waals surface area contributed by atoms with Gasteiger partial charge in [0.25, 0.3) is 0 Å². The van der Waals surface area contributed by atoms with Crippen LogP contribution in [0.15, 0.2) is 48.5 Å². The van der Waals surface area contributed by atoms with Crippen molar-refractivity contribution < 1.29 is 14.2 Å². The monoisotopic (exact) mass is 311 g/mol. The summed E-state index contributed by atoms with van der Waals surface area (Å²) >= 11 is 0. The molecule has 0 fully saturated rings. The molecule has 0 spiro atoms. The van der Waals surface area contributed by atoms with Crippen LogP contribution in [-0.2, 0) is 0 Å². The van der Waals surface area contributed by atoms with Crippen molar-refractivity contribution >= 4 is 0 Å². The van der Waals surface area contributed by atoms with Crippen LogP contribution in [0, 0.1) is 11.3 Å². The molecule has 0 heterocycles. The summed E-state index contributed by atoms with van der Waals surface area (Å²) in [4.78, 5) is 0. The highest BCUT2D eigenvalue weighted by atomic mass is 16.5. The number of nitriles is 1. The van der Waals surface area contributed by atoms with Crippen molar-refractivity contribution in [2.75, 3.05) is 20.8 Å². The molecule has 2 aromatic rings. The van der Waals surface area contributed by atoms with Crippen molar-refractivity contribution in [3.63, 3.8) is 0 Å². The van der Waals surface area contributed by atoms with Crippen molar-refractivity contribution in [1.82, 2.24) is 0 Å². The molecule has 0 N–H and O–H groups in total. The largest absolute Gasteiger partial charge is 0.497 e. The number of hydrogen-bond donors (Lipinski definition) is 0. The Bertz CT molecular complexity index is 646. The molecule has 0 aliphatic carbocycles. The summed E-state index contributed by atoms with van der Waals surface area (Å²) in [7, 11) is 3.26. The summed E-state index contributed by atoms with van der Waals surface area (Å²) in [5.41, 5.74) is 0.932. The van der Waals surface area contributed by atoms with Crippen molar-refractivity contribution in [2.45, 2.75) is 18.8 Å². The van der Waals surface area contributed by atoms with Crippen molar-refractivity contribution in [3.8, 4) is 23.3 Å². The lowest BCUT2D eigenvalue weighted by molar-refractivity contribution is 0.303. The second-order valence-electron chi connectivity index (χ2n) is 5.09. The van der Waals surface area contributed by atoms with Gasteiger partial charge in [-0.2, -0.15) is 5.26 Å². The zero-order chi connectivity index (χ0) is 16.5. The summed E-state index contributed by atoms with van der Waals surface area (Å²) in [5, 5.41) is 9.41. The lowest BCUT2D eigenvalue weighted by Gasteiger charge is -2.13. The second-order valence-corrected chi connectivity index (χ2v) is 5.09. The smallest absolute Gasteiger partial charge is 0.123 e. The van der Waals surface area contributed by atoms with Gasteiger partial charge in [-0.25, -0.2) is 0 Å². The van der Waals surface area contributed by atoms with E-state index in [2.05, 4.69) is 6.07 Å². The Hall–Kier alpha value is -2.67. The first kappa shape index (κ1) is 16.7. The molecule has 4 heteroatoms. The van der Waals surface area contributed by atoms with Crippen LogP contribution in [0.3, 0.4) is 0 Å². The molecule has 1 atom stereocenters. The predicted molar refractivity (Wildman–Crippen MR) is 89.1 cm³/mol. The van der Waals surface area contributed by atoms with Crippen molar-refractivity contribution in [2.24, 2.45) is 0 Å². The third-order valence-corrected chi connectivity index (χ3v) is 3.64. The first-order chi connectivity index (χ1) is 11.3. The van der Waals surface area contributed by atoms with E-state index in [9.17, 15) is 5.26 Å². The number of benzene rings is 2. The molecule has 0 saturated heterocycles. The molecule has 0 amide bonds. The number of methoxy groups -OCH3 is 2. The third kappa shape index (κ3) is 4.65. The van der Waals surface area contributed by atoms with Crippen LogP contribution in [0.25, 0.3) is 0 Å². The van der Waals surface area contributed by atoms with Gasteiger partial charge in [-0.1, -0.05) is 18.2 Å². The molecule has 0 radical (unpaired) electrons. The van der Waals surface area contributed by atoms with E-state index >= 15 is 0 Å². The molecule has 0 aliphatic heterocycles. The van der Waals surface area contributed by atoms with Crippen molar-refractivity contribution in [3.05, 3.63) is 54.1 Å². The normalized spacial score (nSPS) is 11.3. The highest BCUT2D eigenvalue weighted by Crippen LogP contribution is 2.29. The van der Waals surface area contributed by atoms with E-state index in [-0.39, 0.29) is 5.92 Å². The maximum absolute atomic E-state index is 9.41. The van der Waals surface area contributed by atoms with Crippen LogP contribution >= 0.6 is 0 Å². The van der Waals surface area contributed by atoms with Crippen LogP contribution < -0.4 is 14.2 Å². The highest BCUT2D eigenvalue weighted by molar-refractivity contribution is 5.39. The molecule has 0 bridgehead atoms. The van der Waals surface area contributed by atoms with Gasteiger partial charge < -0.3 is 14.2 Å². The number of nitrogens with zero attached hydrogens (tertiary/aromatic N) is 1. The Labute approximate surface area is 137 Å². The summed E-state index contributed by atoms with van der Waals surface area (Å²) in [6, 6.07) is 17.5. The van der Waals surface area contributed by atoms with E-state index in [4.69, 9.17) is 14.2 Å². The Kier molecular flexibility index (Phi) is 6.31. The Morgan fingerprint density at radius 2 is 1.65 bits per heavy atom. The van der Waals surface area contributed by atoms with E-state index in [1.54, 1.807) is 14.2 Å². The van der Waals surface area contributed by atoms with Gasteiger partial charge in [0.15, 0.2) is 0 Å². The molecule has 1 unspecified atom stereocenters. The van der Waals surface area contributed by atoms with Gasteiger partial charge >= 0.3 is 0 Å². The lowest BCUT2D eigenvalue weighted by atomic mass is 9.95. The minimum atomic E-state index is -0.189. The molecule has 0 aromatic heterocycles. The van der Waals surface area contributed by atoms with E-state index in [0.29, 0.717) is 6.61 Å². The Morgan fingerprint density at radius 3 is 2.30 bits per heavy atom. The fraction of sp³-hybridized carbons (Fsp3) is 0.316. The maximum Gasteiger partial charge on any atom is 0.123 e. The lowest BCUT2D eigenvalue weighted by Crippen LogP contribution is -2.03. The minimum absolute atomic E-state index is 0.189. The molecular weight excluding hydrogens is 290 g/mol. The Balaban J connectivity index is 1.85. The average Bonchev–Trinajstić information content (AvgIpc) is 2.62. The van der Waals surface area contributed by atoms with E-state index in [0.717, 1.165) is 35.7 Å². The first-order valence-electron chi connectivity index (χ1n) is 7.58. The average molecular weight is 311 g/mol. The molecule has 0 saturated carbocycles. The molecular formula is C19H21NO3. The van der Waals surface area contributed by atoms with Gasteiger partial charge in [0, 0.05) is 5.56 Å². The topological polar surface area (TPSA) is 51.5 Å². The number of ether oxygens (including phenoxy) is 3. The fourth-order valence-corrected chi connectivity index (χ4v) is 2.39. The predicted octanol–water partition coefficient (Wildman–Crippen LogP) is 4.17. The third-order valence-electron chi connectivity index (χ3n) is 3.64. The summed E-state index contributed by atoms with van der Waals surface area (Å²) in [6.45, 7) is 0.569. The second kappa shape index (κ2) is 8.70. The zero-order valence-corrected chi connectivity index (χ0v) is 13.5. The number of para-hydroxylation sites is 1. The van der Waals surface area contributed by atoms with Gasteiger partial charge in [-0.3, -0.25) is 0 Å². The minimum Gasteiger partial charge on any atom is -0.497 e. The van der Waals surface area contributed by atoms with Gasteiger partial charge in [0.1, 0.15) is 17.2 Å². The van der Waals surface area contributed by atoms with E-state index < -0.39 is 0 Å². The van der Waals surface area contributed by atoms with Gasteiger partial charge in [0.05, 0.1) is 32.8 Å². The summed E-state index contributed by atoms with van der Waals surface area (Å²) in [5.74, 6) is 2.18. The molecule has 2 rings (SSSR count). The Morgan fingerprint density at radius 1 is 0.957 bits per heavy atom. The van der Waals surface area contributed by atoms with Crippen LogP contribution in [0.1, 0.15) is 24.3 Å². The zero-order valence-electron chi connectivity index (χ0n) is 13.5. The molecule has 2 aromatic carbocycles. The first-order valence-corrected chi connectivity index (χ1v) is 7.58. The van der Waals surface area contributed by atoms with E-state index in [1.165, 1.54) is 0 Å². The molecule has 4 nitrogen and oxygen atoms in total. The number of hydrogen-bond acceptors (Lipinski definition) is 4. The standard InChI is InChI=1S/C19H21NO3/c1-21-16-9-11-17(12-10-16)23-13-5-6-15(14-20)18-7-3-4-8-19(18)22-2/h3-4,7-12,15H,5-6,13H2,1-2H3. The van der Waals surface area contributed by atoms with E-state index in [1.807, 2.05) is 48.5 Å². The van der Waals surface area contributed by atoms with Gasteiger partial charge in [-0.05, 0) is 43.2 Å². The highest BCUT2D eigenvalue weighted by Gasteiger charge is 2.14. The fourth-order valence-electron chi connectivity index (χ4n) is 2.39. The number of rotatable bonds is 8. The van der Waals surface area contributed by atoms with Crippen molar-refractivity contribution in [1.29, 1.82) is 5.26 Å². The SMILES string of the molecule is COc1ccc(OCCCC(C#N)c2ccccc2OC)cc1. The van der Waals surface area contributed by atoms with Crippen LogP contribution in [0.2, 0.25) is 0 Å². The maximum atomic E-state index is 9.41. The van der Waals surface area contributed by atoms with Crippen LogP contribution in [0.5, 0.6) is 17.2 Å². The van der Waals surface area contributed by atoms with Gasteiger partial charge in [0.2, 0.25) is 0 Å². The molecule has 23 heavy (non-hydrogen) atoms. The molecule has 120 valence electrons. The van der Waals surface area contributed by atoms with Crippen LogP contribution in [0.4, 0.5) is 0 Å². The molecule has 0 aliphatic rings. The van der Waals surface area contributed by atoms with Gasteiger partial charge in [-0.15, -0.1) is 0 Å². The summed E-state index contributed by atoms with van der Waals surface area (Å²) < 4.78 is 16.1. The van der Waals surface area contributed by atoms with Crippen LogP contribution in [-0.4, -0.2) is 20.8 Å². The quantitative estimate of drug-likeness (QED) is 0.687.